The third-order valence-corrected chi connectivity index (χ3v) is 5.82. The van der Waals surface area contributed by atoms with E-state index in [9.17, 15) is 18.0 Å². The van der Waals surface area contributed by atoms with Crippen molar-refractivity contribution >= 4 is 38.8 Å². The third kappa shape index (κ3) is 5.27. The van der Waals surface area contributed by atoms with Crippen LogP contribution in [0.15, 0.2) is 42.6 Å². The number of carbonyl (C=O) groups excluding carboxylic acids is 2. The Hall–Kier alpha value is -2.94. The summed E-state index contributed by atoms with van der Waals surface area (Å²) in [7, 11) is -3.04. The number of sulfone groups is 1. The number of pyridine rings is 1. The van der Waals surface area contributed by atoms with Crippen LogP contribution in [0.5, 0.6) is 0 Å². The molecule has 8 nitrogen and oxygen atoms in total. The molecule has 2 aromatic rings. The summed E-state index contributed by atoms with van der Waals surface area (Å²) in [4.78, 5) is 27.6. The number of anilines is 3. The summed E-state index contributed by atoms with van der Waals surface area (Å²) in [5.74, 6) is 0.127. The first kappa shape index (κ1) is 18.8. The quantitative estimate of drug-likeness (QED) is 0.718. The topological polar surface area (TPSA) is 117 Å². The van der Waals surface area contributed by atoms with Gasteiger partial charge in [-0.05, 0) is 36.8 Å². The predicted molar refractivity (Wildman–Crippen MR) is 103 cm³/mol. The van der Waals surface area contributed by atoms with E-state index < -0.39 is 9.84 Å². The molecule has 0 spiro atoms. The van der Waals surface area contributed by atoms with Gasteiger partial charge in [0.05, 0.1) is 17.1 Å². The molecule has 1 atom stereocenters. The molecular formula is C18H20N4O4S. The maximum Gasteiger partial charge on any atom is 0.253 e. The van der Waals surface area contributed by atoms with Crippen LogP contribution >= 0.6 is 0 Å². The average Bonchev–Trinajstić information content (AvgIpc) is 2.93. The molecule has 0 saturated carbocycles. The molecule has 1 aliphatic rings. The van der Waals surface area contributed by atoms with Gasteiger partial charge in [-0.1, -0.05) is 6.07 Å². The number of amides is 2. The van der Waals surface area contributed by atoms with Gasteiger partial charge < -0.3 is 16.0 Å². The molecule has 0 radical (unpaired) electrons. The molecule has 0 aliphatic carbocycles. The van der Waals surface area contributed by atoms with Gasteiger partial charge in [-0.15, -0.1) is 0 Å². The normalized spacial score (nSPS) is 17.9. The van der Waals surface area contributed by atoms with Crippen LogP contribution in [0, 0.1) is 0 Å². The van der Waals surface area contributed by atoms with Crippen molar-refractivity contribution in [3.05, 3.63) is 48.2 Å². The standard InChI is InChI=1S/C18H20N4O4S/c1-12(23)20-14-3-2-4-15(9-14)21-17-6-5-13(10-19-17)18(24)22-16-7-8-27(25,26)11-16/h2-6,9-10,16H,7-8,11H2,1H3,(H,19,21)(H,20,23)(H,22,24). The largest absolute Gasteiger partial charge is 0.348 e. The van der Waals surface area contributed by atoms with E-state index in [1.54, 1.807) is 30.3 Å². The van der Waals surface area contributed by atoms with E-state index in [0.29, 0.717) is 23.5 Å². The molecule has 1 aliphatic heterocycles. The summed E-state index contributed by atoms with van der Waals surface area (Å²) in [5, 5.41) is 8.52. The second-order valence-corrected chi connectivity index (χ2v) is 8.62. The number of nitrogens with one attached hydrogen (secondary N) is 3. The summed E-state index contributed by atoms with van der Waals surface area (Å²) in [6.45, 7) is 1.44. The Labute approximate surface area is 157 Å². The first-order valence-electron chi connectivity index (χ1n) is 8.43. The van der Waals surface area contributed by atoms with Crippen LogP contribution in [0.1, 0.15) is 23.7 Å². The highest BCUT2D eigenvalue weighted by Crippen LogP contribution is 2.19. The van der Waals surface area contributed by atoms with Crippen molar-refractivity contribution < 1.29 is 18.0 Å². The lowest BCUT2D eigenvalue weighted by Gasteiger charge is -2.11. The Balaban J connectivity index is 1.62. The van der Waals surface area contributed by atoms with Crippen molar-refractivity contribution in [3.8, 4) is 0 Å². The van der Waals surface area contributed by atoms with Crippen LogP contribution < -0.4 is 16.0 Å². The van der Waals surface area contributed by atoms with E-state index in [1.807, 2.05) is 6.07 Å². The molecule has 1 saturated heterocycles. The van der Waals surface area contributed by atoms with Gasteiger partial charge in [-0.2, -0.15) is 0 Å². The van der Waals surface area contributed by atoms with E-state index in [4.69, 9.17) is 0 Å². The van der Waals surface area contributed by atoms with Crippen molar-refractivity contribution in [3.63, 3.8) is 0 Å². The number of rotatable bonds is 5. The van der Waals surface area contributed by atoms with Crippen molar-refractivity contribution in [2.24, 2.45) is 0 Å². The Morgan fingerprint density at radius 3 is 2.56 bits per heavy atom. The minimum Gasteiger partial charge on any atom is -0.348 e. The molecule has 1 fully saturated rings. The lowest BCUT2D eigenvalue weighted by Crippen LogP contribution is -2.35. The summed E-state index contributed by atoms with van der Waals surface area (Å²) in [6, 6.07) is 10.1. The van der Waals surface area contributed by atoms with Crippen LogP contribution in [0.3, 0.4) is 0 Å². The van der Waals surface area contributed by atoms with Crippen molar-refractivity contribution in [2.45, 2.75) is 19.4 Å². The van der Waals surface area contributed by atoms with E-state index in [0.717, 1.165) is 5.69 Å². The van der Waals surface area contributed by atoms with E-state index in [-0.39, 0.29) is 29.4 Å². The molecule has 3 rings (SSSR count). The van der Waals surface area contributed by atoms with Gasteiger partial charge in [0.1, 0.15) is 5.82 Å². The lowest BCUT2D eigenvalue weighted by atomic mass is 10.2. The number of hydrogen-bond acceptors (Lipinski definition) is 6. The van der Waals surface area contributed by atoms with E-state index >= 15 is 0 Å². The van der Waals surface area contributed by atoms with Crippen LogP contribution in [-0.4, -0.2) is 42.8 Å². The minimum atomic E-state index is -3.04. The molecule has 9 heteroatoms. The summed E-state index contributed by atoms with van der Waals surface area (Å²) in [5.41, 5.74) is 1.76. The monoisotopic (exact) mass is 388 g/mol. The molecule has 1 unspecified atom stereocenters. The lowest BCUT2D eigenvalue weighted by molar-refractivity contribution is -0.114. The Kier molecular flexibility index (Phi) is 5.41. The van der Waals surface area contributed by atoms with Gasteiger partial charge >= 0.3 is 0 Å². The van der Waals surface area contributed by atoms with E-state index in [2.05, 4.69) is 20.9 Å². The minimum absolute atomic E-state index is 0.0174. The number of hydrogen-bond donors (Lipinski definition) is 3. The number of carbonyl (C=O) groups is 2. The Morgan fingerprint density at radius 1 is 1.15 bits per heavy atom. The van der Waals surface area contributed by atoms with Gasteiger partial charge in [0.15, 0.2) is 9.84 Å². The highest BCUT2D eigenvalue weighted by molar-refractivity contribution is 7.91. The molecule has 142 valence electrons. The van der Waals surface area contributed by atoms with Crippen molar-refractivity contribution in [2.75, 3.05) is 22.1 Å². The van der Waals surface area contributed by atoms with E-state index in [1.165, 1.54) is 13.1 Å². The molecule has 1 aromatic heterocycles. The van der Waals surface area contributed by atoms with Crippen molar-refractivity contribution in [1.29, 1.82) is 0 Å². The summed E-state index contributed by atoms with van der Waals surface area (Å²) in [6.07, 6.45) is 1.87. The highest BCUT2D eigenvalue weighted by Gasteiger charge is 2.29. The maximum absolute atomic E-state index is 12.2. The van der Waals surface area contributed by atoms with Crippen LogP contribution in [-0.2, 0) is 14.6 Å². The second kappa shape index (κ2) is 7.75. The maximum atomic E-state index is 12.2. The summed E-state index contributed by atoms with van der Waals surface area (Å²) >= 11 is 0. The van der Waals surface area contributed by atoms with Gasteiger partial charge in [-0.25, -0.2) is 13.4 Å². The number of benzene rings is 1. The SMILES string of the molecule is CC(=O)Nc1cccc(Nc2ccc(C(=O)NC3CCS(=O)(=O)C3)cn2)c1. The molecular weight excluding hydrogens is 368 g/mol. The zero-order valence-electron chi connectivity index (χ0n) is 14.7. The molecule has 2 amide bonds. The summed E-state index contributed by atoms with van der Waals surface area (Å²) < 4.78 is 22.9. The van der Waals surface area contributed by atoms with Crippen molar-refractivity contribution in [1.82, 2.24) is 10.3 Å². The Bertz CT molecular complexity index is 958. The second-order valence-electron chi connectivity index (χ2n) is 6.39. The first-order valence-corrected chi connectivity index (χ1v) is 10.2. The molecule has 0 bridgehead atoms. The van der Waals surface area contributed by atoms with Gasteiger partial charge in [0.25, 0.3) is 5.91 Å². The zero-order chi connectivity index (χ0) is 19.4. The fourth-order valence-electron chi connectivity index (χ4n) is 2.81. The number of nitrogens with zero attached hydrogens (tertiary/aromatic N) is 1. The highest BCUT2D eigenvalue weighted by atomic mass is 32.2. The first-order chi connectivity index (χ1) is 12.8. The fraction of sp³-hybridized carbons (Fsp3) is 0.278. The van der Waals surface area contributed by atoms with Crippen LogP contribution in [0.4, 0.5) is 17.2 Å². The predicted octanol–water partition coefficient (Wildman–Crippen LogP) is 1.70. The zero-order valence-corrected chi connectivity index (χ0v) is 15.5. The molecule has 1 aromatic carbocycles. The molecule has 3 N–H and O–H groups in total. The number of aromatic nitrogens is 1. The van der Waals surface area contributed by atoms with Gasteiger partial charge in [0, 0.05) is 30.5 Å². The average molecular weight is 388 g/mol. The smallest absolute Gasteiger partial charge is 0.253 e. The molecule has 27 heavy (non-hydrogen) atoms. The van der Waals surface area contributed by atoms with Gasteiger partial charge in [0.2, 0.25) is 5.91 Å². The third-order valence-electron chi connectivity index (χ3n) is 4.05. The molecule has 2 heterocycles. The van der Waals surface area contributed by atoms with Gasteiger partial charge in [-0.3, -0.25) is 9.59 Å². The van der Waals surface area contributed by atoms with Crippen LogP contribution in [0.25, 0.3) is 0 Å². The Morgan fingerprint density at radius 2 is 1.93 bits per heavy atom. The fourth-order valence-corrected chi connectivity index (χ4v) is 4.48. The van der Waals surface area contributed by atoms with Crippen LogP contribution in [0.2, 0.25) is 0 Å².